The van der Waals surface area contributed by atoms with Crippen LogP contribution >= 0.6 is 0 Å². The van der Waals surface area contributed by atoms with E-state index in [0.29, 0.717) is 18.8 Å². The van der Waals surface area contributed by atoms with E-state index < -0.39 is 13.1 Å². The molecule has 1 aliphatic carbocycles. The van der Waals surface area contributed by atoms with Crippen LogP contribution < -0.4 is 5.73 Å². The Balaban J connectivity index is 0.000000336. The van der Waals surface area contributed by atoms with Gasteiger partial charge in [-0.3, -0.25) is 4.79 Å². The second kappa shape index (κ2) is 7.67. The van der Waals surface area contributed by atoms with Crippen LogP contribution in [0.1, 0.15) is 26.2 Å². The topological polar surface area (TPSA) is 104 Å². The van der Waals surface area contributed by atoms with Crippen molar-refractivity contribution in [3.05, 3.63) is 0 Å². The maximum Gasteiger partial charge on any atom is 0.451 e. The van der Waals surface area contributed by atoms with E-state index in [4.69, 9.17) is 20.9 Å². The second-order valence-electron chi connectivity index (χ2n) is 3.84. The van der Waals surface area contributed by atoms with Crippen LogP contribution in [0.3, 0.4) is 0 Å². The Labute approximate surface area is 90.4 Å². The molecular weight excluding hydrogens is 197 g/mol. The lowest BCUT2D eigenvalue weighted by molar-refractivity contribution is -0.141. The number of carboxylic acid groups (broad SMARTS) is 1. The molecule has 15 heavy (non-hydrogen) atoms. The Hall–Kier alpha value is -0.585. The molecule has 5 N–H and O–H groups in total. The highest BCUT2D eigenvalue weighted by Gasteiger charge is 2.28. The van der Waals surface area contributed by atoms with Gasteiger partial charge in [0, 0.05) is 0 Å². The van der Waals surface area contributed by atoms with Gasteiger partial charge < -0.3 is 20.9 Å². The fourth-order valence-electron chi connectivity index (χ4n) is 1.51. The molecule has 0 amide bonds. The first-order valence-electron chi connectivity index (χ1n) is 5.30. The Morgan fingerprint density at radius 1 is 1.47 bits per heavy atom. The van der Waals surface area contributed by atoms with Crippen molar-refractivity contribution in [3.63, 3.8) is 0 Å². The lowest BCUT2D eigenvalue weighted by Crippen LogP contribution is -2.13. The van der Waals surface area contributed by atoms with Crippen molar-refractivity contribution in [2.24, 2.45) is 17.6 Å². The van der Waals surface area contributed by atoms with Gasteiger partial charge in [0.2, 0.25) is 0 Å². The third kappa shape index (κ3) is 6.49. The number of carbonyl (C=O) groups is 1. The minimum Gasteiger partial charge on any atom is -0.481 e. The third-order valence-electron chi connectivity index (χ3n) is 2.59. The number of aliphatic carboxylic acids is 1. The van der Waals surface area contributed by atoms with Gasteiger partial charge in [-0.05, 0) is 38.0 Å². The lowest BCUT2D eigenvalue weighted by Gasteiger charge is -2.03. The summed E-state index contributed by atoms with van der Waals surface area (Å²) in [6.45, 7) is 2.34. The highest BCUT2D eigenvalue weighted by atomic mass is 16.4. The third-order valence-corrected chi connectivity index (χ3v) is 2.59. The smallest absolute Gasteiger partial charge is 0.451 e. The molecular formula is C9H20BNO4. The van der Waals surface area contributed by atoms with Gasteiger partial charge in [-0.2, -0.15) is 0 Å². The van der Waals surface area contributed by atoms with Gasteiger partial charge in [0.05, 0.1) is 5.92 Å². The molecule has 6 heteroatoms. The first-order chi connectivity index (χ1) is 7.01. The quantitative estimate of drug-likeness (QED) is 0.495. The van der Waals surface area contributed by atoms with Gasteiger partial charge >= 0.3 is 13.1 Å². The lowest BCUT2D eigenvalue weighted by atomic mass is 9.88. The molecule has 1 saturated carbocycles. The van der Waals surface area contributed by atoms with E-state index in [2.05, 4.69) is 0 Å². The van der Waals surface area contributed by atoms with Crippen LogP contribution in [0.25, 0.3) is 0 Å². The zero-order chi connectivity index (χ0) is 11.8. The standard InChI is InChI=1S/C7H13NO2.C2H7BO2/c8-4-5-1-2-6(3-5)7(9)10;1-2-3(4)5/h5-6H,1-4,8H2,(H,9,10);4-5H,2H2,1H3/t5-,6+;/m1./s1. The summed E-state index contributed by atoms with van der Waals surface area (Å²) in [7, 11) is -1.12. The van der Waals surface area contributed by atoms with Crippen molar-refractivity contribution in [1.82, 2.24) is 0 Å². The molecule has 1 aliphatic rings. The molecule has 0 saturated heterocycles. The summed E-state index contributed by atoms with van der Waals surface area (Å²) < 4.78 is 0. The van der Waals surface area contributed by atoms with Crippen LogP contribution in [-0.4, -0.2) is 34.8 Å². The molecule has 1 fully saturated rings. The van der Waals surface area contributed by atoms with Gasteiger partial charge in [0.15, 0.2) is 0 Å². The van der Waals surface area contributed by atoms with Gasteiger partial charge in [0.1, 0.15) is 0 Å². The van der Waals surface area contributed by atoms with Crippen molar-refractivity contribution in [1.29, 1.82) is 0 Å². The minimum atomic E-state index is -1.12. The van der Waals surface area contributed by atoms with Crippen molar-refractivity contribution in [2.75, 3.05) is 6.54 Å². The number of carboxylic acids is 1. The number of nitrogens with two attached hydrogens (primary N) is 1. The molecule has 0 aromatic heterocycles. The normalized spacial score (nSPS) is 24.3. The molecule has 0 heterocycles. The summed E-state index contributed by atoms with van der Waals surface area (Å²) >= 11 is 0. The predicted molar refractivity (Wildman–Crippen MR) is 58.2 cm³/mol. The molecule has 0 aliphatic heterocycles. The highest BCUT2D eigenvalue weighted by Crippen LogP contribution is 2.29. The van der Waals surface area contributed by atoms with E-state index >= 15 is 0 Å². The highest BCUT2D eigenvalue weighted by molar-refractivity contribution is 6.40. The van der Waals surface area contributed by atoms with Crippen LogP contribution in [0.15, 0.2) is 0 Å². The zero-order valence-corrected chi connectivity index (χ0v) is 9.09. The molecule has 0 radical (unpaired) electrons. The number of hydrogen-bond acceptors (Lipinski definition) is 4. The Morgan fingerprint density at radius 3 is 2.20 bits per heavy atom. The molecule has 0 aromatic rings. The number of hydrogen-bond donors (Lipinski definition) is 4. The molecule has 88 valence electrons. The van der Waals surface area contributed by atoms with Crippen LogP contribution in [0.4, 0.5) is 0 Å². The van der Waals surface area contributed by atoms with Crippen LogP contribution in [0.5, 0.6) is 0 Å². The van der Waals surface area contributed by atoms with E-state index in [1.54, 1.807) is 6.92 Å². The molecule has 0 unspecified atom stereocenters. The molecule has 5 nitrogen and oxygen atoms in total. The first-order valence-corrected chi connectivity index (χ1v) is 5.30. The zero-order valence-electron chi connectivity index (χ0n) is 9.09. The van der Waals surface area contributed by atoms with Gasteiger partial charge in [0.25, 0.3) is 0 Å². The number of rotatable bonds is 3. The Morgan fingerprint density at radius 2 is 2.00 bits per heavy atom. The van der Waals surface area contributed by atoms with Gasteiger partial charge in [-0.1, -0.05) is 6.92 Å². The van der Waals surface area contributed by atoms with E-state index in [-0.39, 0.29) is 5.92 Å². The monoisotopic (exact) mass is 217 g/mol. The SMILES string of the molecule is CCB(O)O.NC[C@@H]1CC[C@H](C(=O)O)C1. The Bertz CT molecular complexity index is 189. The van der Waals surface area contributed by atoms with Crippen molar-refractivity contribution < 1.29 is 19.9 Å². The van der Waals surface area contributed by atoms with Crippen molar-refractivity contribution >= 4 is 13.1 Å². The summed E-state index contributed by atoms with van der Waals surface area (Å²) in [4.78, 5) is 10.4. The van der Waals surface area contributed by atoms with Crippen molar-refractivity contribution in [3.8, 4) is 0 Å². The Kier molecular flexibility index (Phi) is 7.37. The van der Waals surface area contributed by atoms with E-state index in [9.17, 15) is 4.79 Å². The predicted octanol–water partition coefficient (Wildman–Crippen LogP) is -0.0749. The van der Waals surface area contributed by atoms with Gasteiger partial charge in [-0.25, -0.2) is 0 Å². The molecule has 0 bridgehead atoms. The maximum absolute atomic E-state index is 10.4. The second-order valence-corrected chi connectivity index (χ2v) is 3.84. The summed E-state index contributed by atoms with van der Waals surface area (Å²) in [5.41, 5.74) is 5.40. The van der Waals surface area contributed by atoms with E-state index in [1.165, 1.54) is 0 Å². The van der Waals surface area contributed by atoms with Crippen LogP contribution in [0.2, 0.25) is 6.32 Å². The van der Waals surface area contributed by atoms with Crippen LogP contribution in [-0.2, 0) is 4.79 Å². The average Bonchev–Trinajstić information content (AvgIpc) is 2.67. The minimum absolute atomic E-state index is 0.117. The average molecular weight is 217 g/mol. The van der Waals surface area contributed by atoms with E-state index in [1.807, 2.05) is 0 Å². The molecule has 1 rings (SSSR count). The largest absolute Gasteiger partial charge is 0.481 e. The summed E-state index contributed by atoms with van der Waals surface area (Å²) in [6, 6.07) is 0. The van der Waals surface area contributed by atoms with E-state index in [0.717, 1.165) is 19.3 Å². The fourth-order valence-corrected chi connectivity index (χ4v) is 1.51. The molecule has 2 atom stereocenters. The van der Waals surface area contributed by atoms with Crippen molar-refractivity contribution in [2.45, 2.75) is 32.5 Å². The maximum atomic E-state index is 10.4. The molecule has 0 aromatic carbocycles. The summed E-state index contributed by atoms with van der Waals surface area (Å²) in [5.74, 6) is -0.314. The van der Waals surface area contributed by atoms with Gasteiger partial charge in [-0.15, -0.1) is 0 Å². The summed E-state index contributed by atoms with van der Waals surface area (Å²) in [6.07, 6.45) is 3.01. The fraction of sp³-hybridized carbons (Fsp3) is 0.889. The molecule has 0 spiro atoms. The van der Waals surface area contributed by atoms with Crippen LogP contribution in [0, 0.1) is 11.8 Å². The summed E-state index contributed by atoms with van der Waals surface area (Å²) in [5, 5.41) is 24.4. The first kappa shape index (κ1) is 14.4.